The number of hydrogen-bond donors (Lipinski definition) is 0. The molecule has 0 aliphatic carbocycles. The van der Waals surface area contributed by atoms with E-state index in [1.54, 1.807) is 0 Å². The number of quaternary nitrogens is 1. The van der Waals surface area contributed by atoms with Crippen molar-refractivity contribution in [3.8, 4) is 0 Å². The third-order valence-electron chi connectivity index (χ3n) is 1.27. The van der Waals surface area contributed by atoms with Gasteiger partial charge in [0, 0.05) is 0 Å². The first kappa shape index (κ1) is 3.83. The van der Waals surface area contributed by atoms with Crippen LogP contribution in [-0.2, 0) is 9.68 Å². The summed E-state index contributed by atoms with van der Waals surface area (Å²) >= 11 is 0. The first-order chi connectivity index (χ1) is 3.31. The summed E-state index contributed by atoms with van der Waals surface area (Å²) in [6.45, 7) is 4.00. The van der Waals surface area contributed by atoms with E-state index in [9.17, 15) is 0 Å². The van der Waals surface area contributed by atoms with Crippen LogP contribution in [0.15, 0.2) is 0 Å². The molecule has 3 heteroatoms. The highest BCUT2D eigenvalue weighted by atomic mass is 17.2. The smallest absolute Gasteiger partial charge is 0.129 e. The lowest BCUT2D eigenvalue weighted by Gasteiger charge is -2.27. The quantitative estimate of drug-likeness (QED) is 0.317. The summed E-state index contributed by atoms with van der Waals surface area (Å²) in [5.41, 5.74) is 0. The summed E-state index contributed by atoms with van der Waals surface area (Å²) in [6.07, 6.45) is 0.0440. The lowest BCUT2D eigenvalue weighted by molar-refractivity contribution is -1.25. The molecular weight excluding hydrogens is 94.0 g/mol. The van der Waals surface area contributed by atoms with Crippen molar-refractivity contribution in [3.63, 3.8) is 0 Å². The Morgan fingerprint density at radius 3 is 2.14 bits per heavy atom. The fourth-order valence-electron chi connectivity index (χ4n) is 0.841. The lowest BCUT2D eigenvalue weighted by atomic mass is 10.8. The monoisotopic (exact) mass is 102 g/mol. The minimum atomic E-state index is 0.0440. The van der Waals surface area contributed by atoms with Crippen LogP contribution in [0.5, 0.6) is 0 Å². The fraction of sp³-hybridized carbons (Fsp3) is 1.00. The first-order valence-corrected chi connectivity index (χ1v) is 2.55. The predicted molar refractivity (Wildman–Crippen MR) is 21.6 cm³/mol. The normalized spacial score (nSPS) is 35.6. The Balaban J connectivity index is 1.97. The highest BCUT2D eigenvalue weighted by molar-refractivity contribution is 4.43. The van der Waals surface area contributed by atoms with Gasteiger partial charge in [-0.05, 0) is 11.7 Å². The summed E-state index contributed by atoms with van der Waals surface area (Å²) in [7, 11) is 0. The molecule has 2 aliphatic rings. The molecule has 0 aromatic heterocycles. The molecule has 0 N–H and O–H groups in total. The van der Waals surface area contributed by atoms with Crippen LogP contribution in [0, 0.1) is 0 Å². The van der Waals surface area contributed by atoms with Crippen LogP contribution in [0.25, 0.3) is 0 Å². The van der Waals surface area contributed by atoms with E-state index in [0.717, 1.165) is 13.1 Å². The SMILES string of the molecule is CC1O[N+]2(CC2)O1. The van der Waals surface area contributed by atoms with Crippen molar-refractivity contribution in [1.82, 2.24) is 0 Å². The van der Waals surface area contributed by atoms with Gasteiger partial charge in [0.2, 0.25) is 0 Å². The highest BCUT2D eigenvalue weighted by Crippen LogP contribution is 2.34. The lowest BCUT2D eigenvalue weighted by Crippen LogP contribution is -2.46. The molecule has 0 amide bonds. The van der Waals surface area contributed by atoms with Crippen LogP contribution in [-0.4, -0.2) is 24.2 Å². The zero-order chi connectivity index (χ0) is 4.91. The van der Waals surface area contributed by atoms with Crippen molar-refractivity contribution >= 4 is 0 Å². The van der Waals surface area contributed by atoms with E-state index in [0.29, 0.717) is 4.81 Å². The van der Waals surface area contributed by atoms with Gasteiger partial charge in [-0.25, -0.2) is 0 Å². The zero-order valence-corrected chi connectivity index (χ0v) is 4.26. The average molecular weight is 102 g/mol. The van der Waals surface area contributed by atoms with Gasteiger partial charge < -0.3 is 0 Å². The molecule has 3 nitrogen and oxygen atoms in total. The van der Waals surface area contributed by atoms with Gasteiger partial charge in [-0.1, -0.05) is 0 Å². The second kappa shape index (κ2) is 0.844. The van der Waals surface area contributed by atoms with Gasteiger partial charge in [0.15, 0.2) is 13.1 Å². The van der Waals surface area contributed by atoms with Crippen LogP contribution < -0.4 is 0 Å². The molecule has 0 bridgehead atoms. The number of rotatable bonds is 0. The maximum absolute atomic E-state index is 5.15. The molecule has 7 heavy (non-hydrogen) atoms. The molecule has 2 rings (SSSR count). The molecule has 1 spiro atoms. The third kappa shape index (κ3) is 0.400. The van der Waals surface area contributed by atoms with Crippen LogP contribution in [0.3, 0.4) is 0 Å². The Labute approximate surface area is 41.9 Å². The largest absolute Gasteiger partial charge is 0.276 e. The molecule has 0 unspecified atom stereocenters. The topological polar surface area (TPSA) is 18.5 Å². The molecule has 0 atom stereocenters. The molecule has 2 heterocycles. The van der Waals surface area contributed by atoms with E-state index in [-0.39, 0.29) is 6.29 Å². The molecular formula is C4H8NO2+. The van der Waals surface area contributed by atoms with Gasteiger partial charge in [-0.3, -0.25) is 0 Å². The van der Waals surface area contributed by atoms with Gasteiger partial charge in [-0.15, -0.1) is 9.68 Å². The van der Waals surface area contributed by atoms with Crippen molar-refractivity contribution in [1.29, 1.82) is 0 Å². The third-order valence-corrected chi connectivity index (χ3v) is 1.27. The van der Waals surface area contributed by atoms with Crippen molar-refractivity contribution in [2.45, 2.75) is 13.2 Å². The van der Waals surface area contributed by atoms with Crippen LogP contribution in [0.1, 0.15) is 6.92 Å². The second-order valence-electron chi connectivity index (χ2n) is 2.04. The van der Waals surface area contributed by atoms with E-state index < -0.39 is 0 Å². The molecule has 0 saturated carbocycles. The summed E-state index contributed by atoms with van der Waals surface area (Å²) in [5.74, 6) is 0. The Hall–Kier alpha value is -0.120. The van der Waals surface area contributed by atoms with Gasteiger partial charge in [0.05, 0.1) is 0 Å². The molecule has 40 valence electrons. The molecule has 2 fully saturated rings. The molecule has 2 aliphatic heterocycles. The Bertz CT molecular complexity index is 91.9. The number of nitrogens with zero attached hydrogens (tertiary/aromatic N) is 1. The maximum Gasteiger partial charge on any atom is 0.276 e. The predicted octanol–water partition coefficient (Wildman–Crippen LogP) is 0.0396. The van der Waals surface area contributed by atoms with Crippen molar-refractivity contribution in [2.24, 2.45) is 0 Å². The van der Waals surface area contributed by atoms with E-state index in [2.05, 4.69) is 0 Å². The van der Waals surface area contributed by atoms with Gasteiger partial charge in [-0.2, -0.15) is 0 Å². The molecule has 0 radical (unpaired) electrons. The zero-order valence-electron chi connectivity index (χ0n) is 4.26. The van der Waals surface area contributed by atoms with E-state index in [1.165, 1.54) is 0 Å². The van der Waals surface area contributed by atoms with Crippen molar-refractivity contribution in [2.75, 3.05) is 13.1 Å². The second-order valence-corrected chi connectivity index (χ2v) is 2.04. The molecule has 0 aromatic rings. The van der Waals surface area contributed by atoms with Crippen LogP contribution in [0.2, 0.25) is 0 Å². The van der Waals surface area contributed by atoms with E-state index in [1.807, 2.05) is 6.92 Å². The van der Waals surface area contributed by atoms with Crippen LogP contribution in [0.4, 0.5) is 0 Å². The van der Waals surface area contributed by atoms with E-state index in [4.69, 9.17) is 9.68 Å². The van der Waals surface area contributed by atoms with Crippen LogP contribution >= 0.6 is 0 Å². The van der Waals surface area contributed by atoms with Crippen molar-refractivity contribution < 1.29 is 14.5 Å². The Kier molecular flexibility index (Phi) is 0.462. The standard InChI is InChI=1S/C4H8NO2/c1-4-6-5(7-4)2-3-5/h4H,2-3H2,1H3/q+1. The van der Waals surface area contributed by atoms with Gasteiger partial charge in [0.25, 0.3) is 6.29 Å². The van der Waals surface area contributed by atoms with Gasteiger partial charge >= 0.3 is 0 Å². The summed E-state index contributed by atoms with van der Waals surface area (Å²) in [4.78, 5) is 10.8. The summed E-state index contributed by atoms with van der Waals surface area (Å²) in [5, 5.41) is 0. The first-order valence-electron chi connectivity index (χ1n) is 2.55. The van der Waals surface area contributed by atoms with Crippen molar-refractivity contribution in [3.05, 3.63) is 0 Å². The highest BCUT2D eigenvalue weighted by Gasteiger charge is 2.60. The Morgan fingerprint density at radius 1 is 1.43 bits per heavy atom. The number of hydroxylamine groups is 4. The molecule has 0 aromatic carbocycles. The summed E-state index contributed by atoms with van der Waals surface area (Å²) < 4.78 is 0. The Morgan fingerprint density at radius 2 is 2.00 bits per heavy atom. The fourth-order valence-corrected chi connectivity index (χ4v) is 0.841. The summed E-state index contributed by atoms with van der Waals surface area (Å²) in [6, 6.07) is 0. The maximum atomic E-state index is 5.15. The van der Waals surface area contributed by atoms with Gasteiger partial charge in [0.1, 0.15) is 0 Å². The van der Waals surface area contributed by atoms with E-state index >= 15 is 0 Å². The number of hydrogen-bond acceptors (Lipinski definition) is 2. The minimum absolute atomic E-state index is 0.0440. The molecule has 2 saturated heterocycles. The average Bonchev–Trinajstić information content (AvgIpc) is 2.14. The minimum Gasteiger partial charge on any atom is -0.129 e.